The van der Waals surface area contributed by atoms with Gasteiger partial charge >= 0.3 is 0 Å². The first-order valence-corrected chi connectivity index (χ1v) is 10.6. The average molecular weight is 423 g/mol. The van der Waals surface area contributed by atoms with E-state index in [9.17, 15) is 14.9 Å². The van der Waals surface area contributed by atoms with Crippen molar-refractivity contribution < 1.29 is 14.6 Å². The zero-order valence-electron chi connectivity index (χ0n) is 17.6. The first kappa shape index (κ1) is 20.8. The van der Waals surface area contributed by atoms with Gasteiger partial charge in [-0.15, -0.1) is 0 Å². The van der Waals surface area contributed by atoms with Crippen molar-refractivity contribution in [1.82, 2.24) is 19.7 Å². The van der Waals surface area contributed by atoms with E-state index in [1.54, 1.807) is 18.2 Å². The maximum Gasteiger partial charge on any atom is 0.271 e. The largest absolute Gasteiger partial charge is 0.349 e. The van der Waals surface area contributed by atoms with Gasteiger partial charge in [0.2, 0.25) is 0 Å². The van der Waals surface area contributed by atoms with Crippen molar-refractivity contribution in [2.24, 2.45) is 7.05 Å². The Morgan fingerprint density at radius 3 is 2.71 bits per heavy atom. The molecular formula is C22H27N6O3+. The fourth-order valence-corrected chi connectivity index (χ4v) is 4.08. The maximum absolute atomic E-state index is 13.0. The molecule has 0 bridgehead atoms. The average Bonchev–Trinajstić information content (AvgIpc) is 3.41. The van der Waals surface area contributed by atoms with E-state index in [4.69, 9.17) is 0 Å². The van der Waals surface area contributed by atoms with Gasteiger partial charge in [-0.25, -0.2) is 4.68 Å². The van der Waals surface area contributed by atoms with Crippen LogP contribution >= 0.6 is 0 Å². The molecule has 0 radical (unpaired) electrons. The van der Waals surface area contributed by atoms with Crippen molar-refractivity contribution in [3.05, 3.63) is 64.5 Å². The van der Waals surface area contributed by atoms with E-state index in [-0.39, 0.29) is 11.6 Å². The second kappa shape index (κ2) is 9.13. The number of benzene rings is 1. The van der Waals surface area contributed by atoms with Gasteiger partial charge in [0.25, 0.3) is 11.6 Å². The molecule has 1 aliphatic heterocycles. The number of piperidine rings is 1. The third-order valence-corrected chi connectivity index (χ3v) is 5.76. The van der Waals surface area contributed by atoms with Crippen molar-refractivity contribution in [2.75, 3.05) is 26.2 Å². The minimum absolute atomic E-state index is 0.0477. The van der Waals surface area contributed by atoms with Crippen LogP contribution in [0.3, 0.4) is 0 Å². The summed E-state index contributed by atoms with van der Waals surface area (Å²) >= 11 is 0. The molecule has 0 saturated carbocycles. The molecule has 0 atom stereocenters. The molecule has 0 aliphatic carbocycles. The second-order valence-corrected chi connectivity index (χ2v) is 7.92. The summed E-state index contributed by atoms with van der Waals surface area (Å²) in [5.41, 5.74) is 2.27. The van der Waals surface area contributed by atoms with Gasteiger partial charge < -0.3 is 14.8 Å². The van der Waals surface area contributed by atoms with E-state index >= 15 is 0 Å². The van der Waals surface area contributed by atoms with Gasteiger partial charge in [0.1, 0.15) is 11.4 Å². The van der Waals surface area contributed by atoms with Crippen molar-refractivity contribution in [1.29, 1.82) is 0 Å². The summed E-state index contributed by atoms with van der Waals surface area (Å²) in [6, 6.07) is 11.7. The topological polar surface area (TPSA) is 99.4 Å². The molecule has 162 valence electrons. The summed E-state index contributed by atoms with van der Waals surface area (Å²) in [5.74, 6) is -0.240. The van der Waals surface area contributed by atoms with Crippen LogP contribution in [-0.4, -0.2) is 51.4 Å². The number of aromatic nitrogens is 3. The Bertz CT molecular complexity index is 1080. The monoisotopic (exact) mass is 423 g/mol. The Labute approximate surface area is 180 Å². The van der Waals surface area contributed by atoms with Crippen molar-refractivity contribution in [3.63, 3.8) is 0 Å². The number of carbonyl (C=O) groups is 1. The maximum atomic E-state index is 13.0. The minimum atomic E-state index is -0.452. The Balaban J connectivity index is 1.61. The number of amides is 1. The molecule has 9 heteroatoms. The number of aryl methyl sites for hydroxylation is 1. The molecule has 0 spiro atoms. The number of likely N-dealkylation sites (tertiary alicyclic amines) is 1. The number of quaternary nitrogens is 1. The van der Waals surface area contributed by atoms with Crippen LogP contribution in [-0.2, 0) is 7.05 Å². The van der Waals surface area contributed by atoms with E-state index < -0.39 is 4.92 Å². The molecule has 3 heterocycles. The molecule has 31 heavy (non-hydrogen) atoms. The molecule has 9 nitrogen and oxygen atoms in total. The van der Waals surface area contributed by atoms with Crippen molar-refractivity contribution in [2.45, 2.75) is 19.3 Å². The van der Waals surface area contributed by atoms with Gasteiger partial charge in [-0.1, -0.05) is 6.07 Å². The van der Waals surface area contributed by atoms with E-state index in [1.165, 1.54) is 41.0 Å². The van der Waals surface area contributed by atoms with E-state index in [0.29, 0.717) is 23.6 Å². The fourth-order valence-electron chi connectivity index (χ4n) is 4.08. The van der Waals surface area contributed by atoms with Gasteiger partial charge in [-0.3, -0.25) is 14.9 Å². The number of hydrogen-bond donors (Lipinski definition) is 2. The number of rotatable bonds is 7. The highest BCUT2D eigenvalue weighted by atomic mass is 16.6. The number of nitrogens with one attached hydrogen (secondary N) is 2. The number of hydrogen-bond acceptors (Lipinski definition) is 4. The Morgan fingerprint density at radius 2 is 2.00 bits per heavy atom. The predicted molar refractivity (Wildman–Crippen MR) is 116 cm³/mol. The quantitative estimate of drug-likeness (QED) is 0.445. The Hall–Kier alpha value is -3.46. The zero-order chi connectivity index (χ0) is 21.8. The number of nitro groups is 1. The molecule has 1 aromatic carbocycles. The predicted octanol–water partition coefficient (Wildman–Crippen LogP) is 1.58. The van der Waals surface area contributed by atoms with Gasteiger partial charge in [0, 0.05) is 25.4 Å². The normalized spacial score (nSPS) is 14.5. The van der Waals surface area contributed by atoms with Crippen molar-refractivity contribution in [3.8, 4) is 17.1 Å². The van der Waals surface area contributed by atoms with Gasteiger partial charge in [0.05, 0.1) is 42.5 Å². The van der Waals surface area contributed by atoms with E-state index in [2.05, 4.69) is 10.4 Å². The summed E-state index contributed by atoms with van der Waals surface area (Å²) in [7, 11) is 1.91. The lowest BCUT2D eigenvalue weighted by molar-refractivity contribution is -0.903. The highest BCUT2D eigenvalue weighted by Gasteiger charge is 2.21. The SMILES string of the molecule is Cn1cccc1-c1cc(C(=O)NCC[NH+]2CCCCC2)n(-c2cccc([N+](=O)[O-])c2)n1. The summed E-state index contributed by atoms with van der Waals surface area (Å²) in [4.78, 5) is 25.3. The van der Waals surface area contributed by atoms with E-state index in [1.807, 2.05) is 29.9 Å². The third kappa shape index (κ3) is 4.66. The van der Waals surface area contributed by atoms with Crippen LogP contribution < -0.4 is 10.2 Å². The fraction of sp³-hybridized carbons (Fsp3) is 0.364. The summed E-state index contributed by atoms with van der Waals surface area (Å²) in [6.45, 7) is 3.77. The van der Waals surface area contributed by atoms with Crippen LogP contribution in [0.5, 0.6) is 0 Å². The van der Waals surface area contributed by atoms with Crippen molar-refractivity contribution >= 4 is 11.6 Å². The van der Waals surface area contributed by atoms with Gasteiger partial charge in [0.15, 0.2) is 0 Å². The molecule has 1 fully saturated rings. The Morgan fingerprint density at radius 1 is 1.19 bits per heavy atom. The molecule has 3 aromatic rings. The van der Waals surface area contributed by atoms with Crippen LogP contribution in [0, 0.1) is 10.1 Å². The minimum Gasteiger partial charge on any atom is -0.349 e. The highest BCUT2D eigenvalue weighted by Crippen LogP contribution is 2.24. The smallest absolute Gasteiger partial charge is 0.271 e. The first-order valence-electron chi connectivity index (χ1n) is 10.6. The summed E-state index contributed by atoms with van der Waals surface area (Å²) < 4.78 is 3.40. The molecule has 1 saturated heterocycles. The Kier molecular flexibility index (Phi) is 6.13. The van der Waals surface area contributed by atoms with Crippen LogP contribution in [0.4, 0.5) is 5.69 Å². The lowest BCUT2D eigenvalue weighted by Crippen LogP contribution is -3.13. The summed E-state index contributed by atoms with van der Waals surface area (Å²) in [5, 5.41) is 18.8. The zero-order valence-corrected chi connectivity index (χ0v) is 17.6. The molecule has 1 aliphatic rings. The molecular weight excluding hydrogens is 396 g/mol. The van der Waals surface area contributed by atoms with Gasteiger partial charge in [-0.2, -0.15) is 5.10 Å². The standard InChI is InChI=1S/C22H26N6O3/c1-25-11-6-9-20(25)19-16-21(22(29)23-10-14-26-12-3-2-4-13-26)27(24-19)17-7-5-8-18(15-17)28(30)31/h5-9,11,15-16H,2-4,10,12-14H2,1H3,(H,23,29)/p+1. The van der Waals surface area contributed by atoms with Crippen LogP contribution in [0.1, 0.15) is 29.8 Å². The molecule has 1 amide bonds. The first-order chi connectivity index (χ1) is 15.0. The molecule has 2 N–H and O–H groups in total. The lowest BCUT2D eigenvalue weighted by Gasteiger charge is -2.23. The van der Waals surface area contributed by atoms with E-state index in [0.717, 1.165) is 25.3 Å². The van der Waals surface area contributed by atoms with Crippen LogP contribution in [0.15, 0.2) is 48.7 Å². The molecule has 2 aromatic heterocycles. The number of nitro benzene ring substituents is 1. The second-order valence-electron chi connectivity index (χ2n) is 7.92. The highest BCUT2D eigenvalue weighted by molar-refractivity contribution is 5.94. The lowest BCUT2D eigenvalue weighted by atomic mass is 10.1. The van der Waals surface area contributed by atoms with Crippen LogP contribution in [0.25, 0.3) is 17.1 Å². The number of carbonyl (C=O) groups excluding carboxylic acids is 1. The number of nitrogens with zero attached hydrogens (tertiary/aromatic N) is 4. The van der Waals surface area contributed by atoms with Gasteiger partial charge in [-0.05, 0) is 43.5 Å². The third-order valence-electron chi connectivity index (χ3n) is 5.76. The van der Waals surface area contributed by atoms with Crippen LogP contribution in [0.2, 0.25) is 0 Å². The molecule has 0 unspecified atom stereocenters. The molecule has 4 rings (SSSR count). The summed E-state index contributed by atoms with van der Waals surface area (Å²) in [6.07, 6.45) is 5.68. The number of non-ortho nitro benzene ring substituents is 1.